The second-order valence-corrected chi connectivity index (χ2v) is 3.60. The van der Waals surface area contributed by atoms with E-state index in [1.807, 2.05) is 19.2 Å². The Bertz CT molecular complexity index is 281. The van der Waals surface area contributed by atoms with E-state index >= 15 is 0 Å². The quantitative estimate of drug-likeness (QED) is 0.750. The number of nitrogens with one attached hydrogen (secondary N) is 1. The minimum absolute atomic E-state index is 0.610. The van der Waals surface area contributed by atoms with Crippen LogP contribution in [0.25, 0.3) is 0 Å². The second-order valence-electron chi connectivity index (χ2n) is 3.16. The second kappa shape index (κ2) is 3.52. The van der Waals surface area contributed by atoms with Crippen molar-refractivity contribution in [1.29, 1.82) is 0 Å². The molecular formula is C9H12ClN3. The van der Waals surface area contributed by atoms with Crippen molar-refractivity contribution in [2.75, 3.05) is 12.1 Å². The molecule has 0 amide bonds. The van der Waals surface area contributed by atoms with Gasteiger partial charge in [0, 0.05) is 19.3 Å². The van der Waals surface area contributed by atoms with Crippen LogP contribution >= 0.6 is 11.6 Å². The average Bonchev–Trinajstić information content (AvgIpc) is 2.93. The Morgan fingerprint density at radius 2 is 2.31 bits per heavy atom. The lowest BCUT2D eigenvalue weighted by atomic mass is 10.4. The molecule has 1 fully saturated rings. The molecule has 1 aliphatic rings. The standard InChI is InChI=1S/C9H12ClN3/c1-11-13(8-3-4-8)9-5-2-7(10)6-12-9/h2,5-6,8,11H,3-4H2,1H3. The summed E-state index contributed by atoms with van der Waals surface area (Å²) in [6.45, 7) is 0. The van der Waals surface area contributed by atoms with Gasteiger partial charge in [0.15, 0.2) is 0 Å². The minimum atomic E-state index is 0.610. The molecule has 0 aromatic carbocycles. The number of nitrogens with zero attached hydrogens (tertiary/aromatic N) is 2. The summed E-state index contributed by atoms with van der Waals surface area (Å²) in [6, 6.07) is 4.40. The van der Waals surface area contributed by atoms with Crippen LogP contribution in [0.3, 0.4) is 0 Å². The lowest BCUT2D eigenvalue weighted by Gasteiger charge is -2.21. The Hall–Kier alpha value is -0.800. The molecule has 13 heavy (non-hydrogen) atoms. The Morgan fingerprint density at radius 1 is 1.54 bits per heavy atom. The van der Waals surface area contributed by atoms with Gasteiger partial charge in [-0.15, -0.1) is 0 Å². The van der Waals surface area contributed by atoms with Gasteiger partial charge in [0.05, 0.1) is 5.02 Å². The molecule has 0 bridgehead atoms. The van der Waals surface area contributed by atoms with Crippen molar-refractivity contribution < 1.29 is 0 Å². The van der Waals surface area contributed by atoms with Gasteiger partial charge in [-0.05, 0) is 25.0 Å². The Kier molecular flexibility index (Phi) is 2.38. The van der Waals surface area contributed by atoms with Gasteiger partial charge in [-0.2, -0.15) is 0 Å². The molecule has 1 saturated carbocycles. The van der Waals surface area contributed by atoms with Gasteiger partial charge in [-0.25, -0.2) is 10.4 Å². The molecule has 0 unspecified atom stereocenters. The molecule has 0 atom stereocenters. The number of pyridine rings is 1. The van der Waals surface area contributed by atoms with Crippen molar-refractivity contribution in [3.05, 3.63) is 23.4 Å². The Balaban J connectivity index is 2.17. The number of halogens is 1. The normalized spacial score (nSPS) is 15.8. The monoisotopic (exact) mass is 197 g/mol. The fourth-order valence-electron chi connectivity index (χ4n) is 1.33. The molecule has 1 heterocycles. The summed E-state index contributed by atoms with van der Waals surface area (Å²) in [4.78, 5) is 4.24. The highest BCUT2D eigenvalue weighted by atomic mass is 35.5. The summed E-state index contributed by atoms with van der Waals surface area (Å²) < 4.78 is 0. The predicted octanol–water partition coefficient (Wildman–Crippen LogP) is 1.84. The number of hydrazine groups is 1. The van der Waals surface area contributed by atoms with Crippen LogP contribution in [0.15, 0.2) is 18.3 Å². The van der Waals surface area contributed by atoms with Crippen molar-refractivity contribution in [2.45, 2.75) is 18.9 Å². The third-order valence-corrected chi connectivity index (χ3v) is 2.34. The number of hydrogen-bond donors (Lipinski definition) is 1. The summed E-state index contributed by atoms with van der Waals surface area (Å²) in [5, 5.41) is 2.76. The summed E-state index contributed by atoms with van der Waals surface area (Å²) in [5.41, 5.74) is 3.13. The Labute approximate surface area is 82.7 Å². The van der Waals surface area contributed by atoms with Gasteiger partial charge in [-0.1, -0.05) is 11.6 Å². The SMILES string of the molecule is CNN(c1ccc(Cl)cn1)C1CC1. The zero-order chi connectivity index (χ0) is 9.26. The highest BCUT2D eigenvalue weighted by Crippen LogP contribution is 2.28. The van der Waals surface area contributed by atoms with Crippen molar-refractivity contribution >= 4 is 17.4 Å². The first-order valence-electron chi connectivity index (χ1n) is 4.39. The number of anilines is 1. The summed E-state index contributed by atoms with van der Waals surface area (Å²) in [6.07, 6.45) is 4.15. The lowest BCUT2D eigenvalue weighted by molar-refractivity contribution is 0.685. The zero-order valence-corrected chi connectivity index (χ0v) is 8.25. The van der Waals surface area contributed by atoms with Crippen LogP contribution in [-0.2, 0) is 0 Å². The third kappa shape index (κ3) is 1.92. The van der Waals surface area contributed by atoms with E-state index in [0.717, 1.165) is 5.82 Å². The van der Waals surface area contributed by atoms with Gasteiger partial charge in [0.1, 0.15) is 5.82 Å². The Morgan fingerprint density at radius 3 is 2.77 bits per heavy atom. The molecule has 1 aromatic rings. The van der Waals surface area contributed by atoms with E-state index in [4.69, 9.17) is 11.6 Å². The molecule has 1 N–H and O–H groups in total. The van der Waals surface area contributed by atoms with Crippen LogP contribution in [0.4, 0.5) is 5.82 Å². The molecule has 1 aliphatic carbocycles. The van der Waals surface area contributed by atoms with E-state index in [1.165, 1.54) is 12.8 Å². The van der Waals surface area contributed by atoms with Crippen molar-refractivity contribution in [2.24, 2.45) is 0 Å². The van der Waals surface area contributed by atoms with Gasteiger partial charge < -0.3 is 0 Å². The number of hydrogen-bond acceptors (Lipinski definition) is 3. The summed E-state index contributed by atoms with van der Waals surface area (Å²) >= 11 is 5.75. The smallest absolute Gasteiger partial charge is 0.143 e. The van der Waals surface area contributed by atoms with Crippen LogP contribution in [0.2, 0.25) is 5.02 Å². The average molecular weight is 198 g/mol. The summed E-state index contributed by atoms with van der Waals surface area (Å²) in [7, 11) is 1.91. The molecule has 0 aliphatic heterocycles. The van der Waals surface area contributed by atoms with Crippen LogP contribution in [-0.4, -0.2) is 18.1 Å². The molecule has 3 nitrogen and oxygen atoms in total. The van der Waals surface area contributed by atoms with E-state index < -0.39 is 0 Å². The first kappa shape index (κ1) is 8.78. The van der Waals surface area contributed by atoms with E-state index in [-0.39, 0.29) is 0 Å². The summed E-state index contributed by atoms with van der Waals surface area (Å²) in [5.74, 6) is 0.939. The van der Waals surface area contributed by atoms with E-state index in [0.29, 0.717) is 11.1 Å². The van der Waals surface area contributed by atoms with Crippen LogP contribution in [0.5, 0.6) is 0 Å². The fourth-order valence-corrected chi connectivity index (χ4v) is 1.44. The van der Waals surface area contributed by atoms with Gasteiger partial charge in [-0.3, -0.25) is 5.01 Å². The number of rotatable bonds is 3. The van der Waals surface area contributed by atoms with Crippen LogP contribution in [0, 0.1) is 0 Å². The molecule has 0 saturated heterocycles. The first-order chi connectivity index (χ1) is 6.31. The zero-order valence-electron chi connectivity index (χ0n) is 7.50. The van der Waals surface area contributed by atoms with E-state index in [9.17, 15) is 0 Å². The lowest BCUT2D eigenvalue weighted by Crippen LogP contribution is -2.37. The maximum atomic E-state index is 5.75. The molecular weight excluding hydrogens is 186 g/mol. The molecule has 0 radical (unpaired) electrons. The largest absolute Gasteiger partial charge is 0.289 e. The minimum Gasteiger partial charge on any atom is -0.289 e. The third-order valence-electron chi connectivity index (χ3n) is 2.11. The van der Waals surface area contributed by atoms with Crippen LogP contribution < -0.4 is 10.4 Å². The molecule has 2 rings (SSSR count). The molecule has 4 heteroatoms. The fraction of sp³-hybridized carbons (Fsp3) is 0.444. The van der Waals surface area contributed by atoms with Gasteiger partial charge >= 0.3 is 0 Å². The van der Waals surface area contributed by atoms with Crippen molar-refractivity contribution in [3.8, 4) is 0 Å². The van der Waals surface area contributed by atoms with Gasteiger partial charge in [0.25, 0.3) is 0 Å². The van der Waals surface area contributed by atoms with Crippen LogP contribution in [0.1, 0.15) is 12.8 Å². The maximum Gasteiger partial charge on any atom is 0.143 e. The highest BCUT2D eigenvalue weighted by molar-refractivity contribution is 6.30. The van der Waals surface area contributed by atoms with E-state index in [1.54, 1.807) is 6.20 Å². The molecule has 1 aromatic heterocycles. The maximum absolute atomic E-state index is 5.75. The van der Waals surface area contributed by atoms with Crippen molar-refractivity contribution in [1.82, 2.24) is 10.4 Å². The molecule has 70 valence electrons. The van der Waals surface area contributed by atoms with Gasteiger partial charge in [0.2, 0.25) is 0 Å². The van der Waals surface area contributed by atoms with E-state index in [2.05, 4.69) is 15.4 Å². The van der Waals surface area contributed by atoms with Crippen molar-refractivity contribution in [3.63, 3.8) is 0 Å². The first-order valence-corrected chi connectivity index (χ1v) is 4.77. The predicted molar refractivity (Wildman–Crippen MR) is 53.8 cm³/mol. The number of aromatic nitrogens is 1. The highest BCUT2D eigenvalue weighted by Gasteiger charge is 2.29. The molecule has 0 spiro atoms. The topological polar surface area (TPSA) is 28.2 Å².